The summed E-state index contributed by atoms with van der Waals surface area (Å²) in [6.07, 6.45) is 1.36. The number of amides is 1. The van der Waals surface area contributed by atoms with Gasteiger partial charge in [-0.25, -0.2) is 9.67 Å². The summed E-state index contributed by atoms with van der Waals surface area (Å²) in [7, 11) is 1.28. The third kappa shape index (κ3) is 3.29. The van der Waals surface area contributed by atoms with Gasteiger partial charge in [-0.15, -0.1) is 5.10 Å². The van der Waals surface area contributed by atoms with Crippen LogP contribution >= 0.6 is 11.8 Å². The van der Waals surface area contributed by atoms with Gasteiger partial charge >= 0.3 is 5.97 Å². The van der Waals surface area contributed by atoms with Crippen LogP contribution in [-0.2, 0) is 16.1 Å². The lowest BCUT2D eigenvalue weighted by Gasteiger charge is -2.02. The highest BCUT2D eigenvalue weighted by atomic mass is 32.2. The maximum atomic E-state index is 11.2. The average molecular weight is 294 g/mol. The minimum absolute atomic E-state index is 0.0921. The number of primary amides is 1. The Morgan fingerprint density at radius 2 is 2.25 bits per heavy atom. The molecule has 9 nitrogen and oxygen atoms in total. The molecule has 0 aromatic carbocycles. The zero-order chi connectivity index (χ0) is 14.5. The second-order valence-corrected chi connectivity index (χ2v) is 4.53. The van der Waals surface area contributed by atoms with E-state index in [1.807, 2.05) is 0 Å². The van der Waals surface area contributed by atoms with Gasteiger partial charge in [0, 0.05) is 6.20 Å². The van der Waals surface area contributed by atoms with Gasteiger partial charge in [-0.2, -0.15) is 0 Å². The standard InChI is InChI=1S/C10H10N6O3S/c1-19-8(17)5-16-10(13-14-15-16)20-7-3-2-6(4-12-7)9(11)18/h2-4H,5H2,1H3,(H2,11,18). The lowest BCUT2D eigenvalue weighted by atomic mass is 10.3. The van der Waals surface area contributed by atoms with E-state index < -0.39 is 11.9 Å². The monoisotopic (exact) mass is 294 g/mol. The topological polar surface area (TPSA) is 126 Å². The van der Waals surface area contributed by atoms with Crippen LogP contribution in [0.15, 0.2) is 28.5 Å². The summed E-state index contributed by atoms with van der Waals surface area (Å²) in [4.78, 5) is 26.2. The maximum absolute atomic E-state index is 11.2. The smallest absolute Gasteiger partial charge is 0.327 e. The molecule has 0 bridgehead atoms. The van der Waals surface area contributed by atoms with Crippen molar-refractivity contribution in [2.24, 2.45) is 5.73 Å². The van der Waals surface area contributed by atoms with E-state index in [0.29, 0.717) is 15.7 Å². The first kappa shape index (κ1) is 13.9. The fourth-order valence-electron chi connectivity index (χ4n) is 1.24. The van der Waals surface area contributed by atoms with Gasteiger partial charge in [0.1, 0.15) is 11.6 Å². The summed E-state index contributed by atoms with van der Waals surface area (Å²) in [5, 5.41) is 11.9. The second kappa shape index (κ2) is 6.10. The molecule has 0 aliphatic heterocycles. The predicted octanol–water partition coefficient (Wildman–Crippen LogP) is -0.509. The number of nitrogens with zero attached hydrogens (tertiary/aromatic N) is 5. The van der Waals surface area contributed by atoms with Gasteiger partial charge in [0.15, 0.2) is 0 Å². The van der Waals surface area contributed by atoms with E-state index in [1.165, 1.54) is 18.0 Å². The van der Waals surface area contributed by atoms with Crippen LogP contribution in [0.25, 0.3) is 0 Å². The molecule has 0 atom stereocenters. The lowest BCUT2D eigenvalue weighted by Crippen LogP contribution is -2.13. The van der Waals surface area contributed by atoms with E-state index in [2.05, 4.69) is 25.2 Å². The molecule has 104 valence electrons. The lowest BCUT2D eigenvalue weighted by molar-refractivity contribution is -0.141. The van der Waals surface area contributed by atoms with Gasteiger partial charge < -0.3 is 10.5 Å². The third-order valence-corrected chi connectivity index (χ3v) is 3.15. The molecule has 20 heavy (non-hydrogen) atoms. The maximum Gasteiger partial charge on any atom is 0.327 e. The summed E-state index contributed by atoms with van der Waals surface area (Å²) >= 11 is 1.15. The van der Waals surface area contributed by atoms with Crippen LogP contribution in [-0.4, -0.2) is 44.2 Å². The molecule has 0 aliphatic rings. The fourth-order valence-corrected chi connectivity index (χ4v) is 1.95. The molecule has 2 N–H and O–H groups in total. The average Bonchev–Trinajstić information content (AvgIpc) is 2.86. The van der Waals surface area contributed by atoms with Crippen LogP contribution in [0.1, 0.15) is 10.4 Å². The molecule has 0 saturated carbocycles. The minimum atomic E-state index is -0.551. The molecule has 0 spiro atoms. The first-order valence-electron chi connectivity index (χ1n) is 5.37. The number of nitrogens with two attached hydrogens (primary N) is 1. The Kier molecular flexibility index (Phi) is 4.25. The van der Waals surface area contributed by atoms with E-state index in [-0.39, 0.29) is 6.54 Å². The van der Waals surface area contributed by atoms with E-state index in [1.54, 1.807) is 12.1 Å². The van der Waals surface area contributed by atoms with Crippen LogP contribution in [0.2, 0.25) is 0 Å². The van der Waals surface area contributed by atoms with E-state index >= 15 is 0 Å². The molecule has 0 saturated heterocycles. The number of hydrogen-bond acceptors (Lipinski definition) is 8. The van der Waals surface area contributed by atoms with Crippen LogP contribution in [0.3, 0.4) is 0 Å². The number of tetrazole rings is 1. The number of hydrogen-bond donors (Lipinski definition) is 1. The Morgan fingerprint density at radius 1 is 1.45 bits per heavy atom. The molecular formula is C10H10N6O3S. The minimum Gasteiger partial charge on any atom is -0.468 e. The fraction of sp³-hybridized carbons (Fsp3) is 0.200. The van der Waals surface area contributed by atoms with Crippen molar-refractivity contribution >= 4 is 23.6 Å². The predicted molar refractivity (Wildman–Crippen MR) is 66.7 cm³/mol. The van der Waals surface area contributed by atoms with Crippen molar-refractivity contribution < 1.29 is 14.3 Å². The highest BCUT2D eigenvalue weighted by molar-refractivity contribution is 7.99. The summed E-state index contributed by atoms with van der Waals surface area (Å²) in [6, 6.07) is 3.16. The molecule has 2 heterocycles. The number of methoxy groups -OCH3 is 1. The van der Waals surface area contributed by atoms with Gasteiger partial charge in [0.2, 0.25) is 11.1 Å². The second-order valence-electron chi connectivity index (χ2n) is 3.55. The number of ether oxygens (including phenoxy) is 1. The molecular weight excluding hydrogens is 284 g/mol. The number of pyridine rings is 1. The van der Waals surface area contributed by atoms with Crippen molar-refractivity contribution in [1.82, 2.24) is 25.2 Å². The Labute approximate surface area is 117 Å². The molecule has 2 rings (SSSR count). The van der Waals surface area contributed by atoms with Crippen LogP contribution in [0, 0.1) is 0 Å². The number of esters is 1. The summed E-state index contributed by atoms with van der Waals surface area (Å²) in [6.45, 7) is -0.0921. The number of aromatic nitrogens is 5. The van der Waals surface area contributed by atoms with Crippen LogP contribution < -0.4 is 5.73 Å². The highest BCUT2D eigenvalue weighted by Crippen LogP contribution is 2.23. The first-order valence-corrected chi connectivity index (χ1v) is 6.18. The van der Waals surface area contributed by atoms with E-state index in [4.69, 9.17) is 5.73 Å². The van der Waals surface area contributed by atoms with Gasteiger partial charge in [0.05, 0.1) is 12.7 Å². The molecule has 1 amide bonds. The largest absolute Gasteiger partial charge is 0.468 e. The summed E-state index contributed by atoms with van der Waals surface area (Å²) in [5.41, 5.74) is 5.43. The SMILES string of the molecule is COC(=O)Cn1nnnc1Sc1ccc(C(N)=O)cn1. The molecule has 0 aliphatic carbocycles. The van der Waals surface area contributed by atoms with Gasteiger partial charge in [-0.3, -0.25) is 9.59 Å². The van der Waals surface area contributed by atoms with E-state index in [0.717, 1.165) is 11.8 Å². The molecule has 0 fully saturated rings. The Morgan fingerprint density at radius 3 is 2.85 bits per heavy atom. The van der Waals surface area contributed by atoms with Crippen molar-refractivity contribution in [2.45, 2.75) is 16.7 Å². The third-order valence-electron chi connectivity index (χ3n) is 2.22. The van der Waals surface area contributed by atoms with Crippen molar-refractivity contribution in [3.63, 3.8) is 0 Å². The first-order chi connectivity index (χ1) is 9.60. The zero-order valence-corrected chi connectivity index (χ0v) is 11.2. The highest BCUT2D eigenvalue weighted by Gasteiger charge is 2.13. The quantitative estimate of drug-likeness (QED) is 0.731. The molecule has 0 radical (unpaired) electrons. The normalized spacial score (nSPS) is 10.2. The number of carbonyl (C=O) groups excluding carboxylic acids is 2. The van der Waals surface area contributed by atoms with Crippen LogP contribution in [0.4, 0.5) is 0 Å². The van der Waals surface area contributed by atoms with Crippen LogP contribution in [0.5, 0.6) is 0 Å². The number of carbonyl (C=O) groups is 2. The Hall–Kier alpha value is -2.49. The molecule has 0 unspecified atom stereocenters. The van der Waals surface area contributed by atoms with Crippen molar-refractivity contribution in [1.29, 1.82) is 0 Å². The molecule has 2 aromatic rings. The van der Waals surface area contributed by atoms with Gasteiger partial charge in [-0.1, -0.05) is 0 Å². The summed E-state index contributed by atoms with van der Waals surface area (Å²) < 4.78 is 5.83. The molecule has 10 heteroatoms. The Balaban J connectivity index is 2.12. The Bertz CT molecular complexity index is 626. The van der Waals surface area contributed by atoms with E-state index in [9.17, 15) is 9.59 Å². The molecule has 2 aromatic heterocycles. The van der Waals surface area contributed by atoms with Gasteiger partial charge in [-0.05, 0) is 34.3 Å². The number of rotatable bonds is 5. The zero-order valence-electron chi connectivity index (χ0n) is 10.4. The van der Waals surface area contributed by atoms with Crippen molar-refractivity contribution in [3.8, 4) is 0 Å². The van der Waals surface area contributed by atoms with Crippen molar-refractivity contribution in [2.75, 3.05) is 7.11 Å². The van der Waals surface area contributed by atoms with Crippen molar-refractivity contribution in [3.05, 3.63) is 23.9 Å². The summed E-state index contributed by atoms with van der Waals surface area (Å²) in [5.74, 6) is -1.01. The van der Waals surface area contributed by atoms with Gasteiger partial charge in [0.25, 0.3) is 0 Å².